The molecule has 0 radical (unpaired) electrons. The highest BCUT2D eigenvalue weighted by molar-refractivity contribution is 7.90. The largest absolute Gasteiger partial charge is 0.350 e. The fourth-order valence-electron chi connectivity index (χ4n) is 3.82. The van der Waals surface area contributed by atoms with Crippen LogP contribution in [0, 0.1) is 29.0 Å². The number of halogens is 1. The average Bonchev–Trinajstić information content (AvgIpc) is 2.65. The number of anilines is 1. The van der Waals surface area contributed by atoms with Gasteiger partial charge in [-0.1, -0.05) is 6.92 Å². The van der Waals surface area contributed by atoms with E-state index in [0.29, 0.717) is 17.3 Å². The highest BCUT2D eigenvalue weighted by atomic mass is 32.2. The Kier molecular flexibility index (Phi) is 5.77. The van der Waals surface area contributed by atoms with Crippen LogP contribution in [0.4, 0.5) is 14.9 Å². The van der Waals surface area contributed by atoms with Crippen molar-refractivity contribution in [2.45, 2.75) is 37.2 Å². The molecule has 1 saturated heterocycles. The third-order valence-corrected chi connectivity index (χ3v) is 7.02. The molecule has 2 aliphatic rings. The van der Waals surface area contributed by atoms with Gasteiger partial charge in [-0.25, -0.2) is 21.9 Å². The fraction of sp³-hybridized carbons (Fsp3) is 0.500. The average molecular weight is 423 g/mol. The SMILES string of the molecule is CC1CC(C#N)CNC1[C@@H](C)NC(=O)CN1C(=O)Nc2ccc(F)cc2S1(=O)=O. The third-order valence-electron chi connectivity index (χ3n) is 5.25. The van der Waals surface area contributed by atoms with Crippen molar-refractivity contribution in [3.05, 3.63) is 24.0 Å². The van der Waals surface area contributed by atoms with E-state index in [2.05, 4.69) is 22.0 Å². The molecule has 9 nitrogen and oxygen atoms in total. The van der Waals surface area contributed by atoms with Crippen molar-refractivity contribution in [3.8, 4) is 6.07 Å². The fourth-order valence-corrected chi connectivity index (χ4v) is 5.27. The van der Waals surface area contributed by atoms with Crippen molar-refractivity contribution >= 4 is 27.6 Å². The Morgan fingerprint density at radius 2 is 2.21 bits per heavy atom. The van der Waals surface area contributed by atoms with Crippen molar-refractivity contribution in [1.29, 1.82) is 5.26 Å². The smallest absolute Gasteiger partial charge is 0.336 e. The number of hydrogen-bond donors (Lipinski definition) is 3. The number of nitrogens with one attached hydrogen (secondary N) is 3. The molecule has 2 aliphatic heterocycles. The zero-order chi connectivity index (χ0) is 21.3. The molecule has 156 valence electrons. The second kappa shape index (κ2) is 7.96. The number of piperidine rings is 1. The lowest BCUT2D eigenvalue weighted by atomic mass is 9.83. The number of nitriles is 1. The molecule has 3 amide bonds. The molecule has 3 rings (SSSR count). The van der Waals surface area contributed by atoms with E-state index in [4.69, 9.17) is 5.26 Å². The molecule has 3 N–H and O–H groups in total. The van der Waals surface area contributed by atoms with Crippen LogP contribution in [0.15, 0.2) is 23.1 Å². The molecule has 0 spiro atoms. The number of hydrogen-bond acceptors (Lipinski definition) is 6. The predicted molar refractivity (Wildman–Crippen MR) is 102 cm³/mol. The van der Waals surface area contributed by atoms with Crippen molar-refractivity contribution in [3.63, 3.8) is 0 Å². The van der Waals surface area contributed by atoms with Crippen LogP contribution < -0.4 is 16.0 Å². The highest BCUT2D eigenvalue weighted by Gasteiger charge is 2.39. The Hall–Kier alpha value is -2.71. The lowest BCUT2D eigenvalue weighted by Gasteiger charge is -2.37. The van der Waals surface area contributed by atoms with Crippen LogP contribution >= 0.6 is 0 Å². The van der Waals surface area contributed by atoms with Gasteiger partial charge in [-0.2, -0.15) is 5.26 Å². The van der Waals surface area contributed by atoms with Gasteiger partial charge in [0.1, 0.15) is 17.3 Å². The van der Waals surface area contributed by atoms with E-state index in [-0.39, 0.29) is 29.6 Å². The van der Waals surface area contributed by atoms with Gasteiger partial charge < -0.3 is 16.0 Å². The molecule has 3 unspecified atom stereocenters. The lowest BCUT2D eigenvalue weighted by Crippen LogP contribution is -2.57. The molecule has 11 heteroatoms. The number of amides is 3. The van der Waals surface area contributed by atoms with Crippen molar-refractivity contribution < 1.29 is 22.4 Å². The maximum atomic E-state index is 13.5. The first kappa shape index (κ1) is 21.0. The van der Waals surface area contributed by atoms with Gasteiger partial charge in [0.15, 0.2) is 0 Å². The quantitative estimate of drug-likeness (QED) is 0.662. The molecule has 1 aromatic carbocycles. The zero-order valence-corrected chi connectivity index (χ0v) is 16.8. The molecule has 4 atom stereocenters. The summed E-state index contributed by atoms with van der Waals surface area (Å²) in [6.45, 7) is 3.53. The van der Waals surface area contributed by atoms with Gasteiger partial charge in [-0.3, -0.25) is 4.79 Å². The van der Waals surface area contributed by atoms with E-state index in [0.717, 1.165) is 18.2 Å². The van der Waals surface area contributed by atoms with Crippen LogP contribution in [0.2, 0.25) is 0 Å². The summed E-state index contributed by atoms with van der Waals surface area (Å²) < 4.78 is 39.3. The van der Waals surface area contributed by atoms with Crippen LogP contribution in [0.5, 0.6) is 0 Å². The molecule has 0 aromatic heterocycles. The first-order valence-corrected chi connectivity index (χ1v) is 10.6. The molecule has 1 fully saturated rings. The summed E-state index contributed by atoms with van der Waals surface area (Å²) >= 11 is 0. The molecular formula is C18H22FN5O4S. The third kappa shape index (κ3) is 4.18. The Labute approximate surface area is 168 Å². The summed E-state index contributed by atoms with van der Waals surface area (Å²) in [4.78, 5) is 24.3. The van der Waals surface area contributed by atoms with E-state index in [1.165, 1.54) is 0 Å². The number of sulfonamides is 1. The summed E-state index contributed by atoms with van der Waals surface area (Å²) in [5.74, 6) is -1.39. The standard InChI is InChI=1S/C18H22FN5O4S/c1-10-5-12(7-20)8-21-17(10)11(2)22-16(25)9-24-18(26)23-14-4-3-13(19)6-15(14)29(24,27)28/h3-4,6,10-12,17,21H,5,8-9H2,1-2H3,(H,22,25)(H,23,26)/t10?,11-,12?,17?/m1/s1. The molecule has 0 aliphatic carbocycles. The van der Waals surface area contributed by atoms with Gasteiger partial charge >= 0.3 is 6.03 Å². The van der Waals surface area contributed by atoms with E-state index in [1.807, 2.05) is 6.92 Å². The van der Waals surface area contributed by atoms with E-state index in [1.54, 1.807) is 6.92 Å². The second-order valence-electron chi connectivity index (χ2n) is 7.41. The molecule has 2 heterocycles. The van der Waals surface area contributed by atoms with Gasteiger partial charge in [0.25, 0.3) is 10.0 Å². The lowest BCUT2D eigenvalue weighted by molar-refractivity contribution is -0.121. The topological polar surface area (TPSA) is 131 Å². The van der Waals surface area contributed by atoms with Crippen molar-refractivity contribution in [2.75, 3.05) is 18.4 Å². The predicted octanol–water partition coefficient (Wildman–Crippen LogP) is 1.00. The van der Waals surface area contributed by atoms with Gasteiger partial charge in [-0.05, 0) is 37.5 Å². The van der Waals surface area contributed by atoms with Gasteiger partial charge in [0.05, 0.1) is 17.7 Å². The number of carbonyl (C=O) groups is 2. The van der Waals surface area contributed by atoms with Crippen LogP contribution in [0.1, 0.15) is 20.3 Å². The summed E-state index contributed by atoms with van der Waals surface area (Å²) in [6, 6.07) is 3.79. The van der Waals surface area contributed by atoms with E-state index < -0.39 is 39.2 Å². The van der Waals surface area contributed by atoms with Crippen LogP contribution in [-0.4, -0.2) is 49.8 Å². The number of rotatable bonds is 4. The first-order valence-electron chi connectivity index (χ1n) is 9.19. The maximum Gasteiger partial charge on any atom is 0.336 e. The van der Waals surface area contributed by atoms with Gasteiger partial charge in [-0.15, -0.1) is 0 Å². The molecular weight excluding hydrogens is 401 g/mol. The van der Waals surface area contributed by atoms with E-state index in [9.17, 15) is 22.4 Å². The Morgan fingerprint density at radius 3 is 2.86 bits per heavy atom. The Morgan fingerprint density at radius 1 is 1.48 bits per heavy atom. The minimum Gasteiger partial charge on any atom is -0.350 e. The van der Waals surface area contributed by atoms with Crippen molar-refractivity contribution in [1.82, 2.24) is 14.9 Å². The number of benzene rings is 1. The monoisotopic (exact) mass is 423 g/mol. The minimum absolute atomic E-state index is 0.0336. The Bertz CT molecular complexity index is 977. The number of carbonyl (C=O) groups excluding carboxylic acids is 2. The van der Waals surface area contributed by atoms with Crippen LogP contribution in [0.3, 0.4) is 0 Å². The second-order valence-corrected chi connectivity index (χ2v) is 9.24. The number of fused-ring (bicyclic) bond motifs is 1. The summed E-state index contributed by atoms with van der Waals surface area (Å²) in [5, 5.41) is 17.3. The summed E-state index contributed by atoms with van der Waals surface area (Å²) in [5.41, 5.74) is -0.0336. The maximum absolute atomic E-state index is 13.5. The number of nitrogens with zero attached hydrogens (tertiary/aromatic N) is 2. The number of urea groups is 1. The molecule has 0 saturated carbocycles. The highest BCUT2D eigenvalue weighted by Crippen LogP contribution is 2.30. The molecule has 0 bridgehead atoms. The van der Waals surface area contributed by atoms with Crippen molar-refractivity contribution in [2.24, 2.45) is 11.8 Å². The Balaban J connectivity index is 1.69. The van der Waals surface area contributed by atoms with Crippen LogP contribution in [0.25, 0.3) is 0 Å². The minimum atomic E-state index is -4.36. The summed E-state index contributed by atoms with van der Waals surface area (Å²) in [6.07, 6.45) is 0.694. The molecule has 1 aromatic rings. The molecule has 29 heavy (non-hydrogen) atoms. The van der Waals surface area contributed by atoms with Gasteiger partial charge in [0.2, 0.25) is 5.91 Å². The van der Waals surface area contributed by atoms with E-state index >= 15 is 0 Å². The zero-order valence-electron chi connectivity index (χ0n) is 16.0. The first-order chi connectivity index (χ1) is 13.6. The van der Waals surface area contributed by atoms with Crippen LogP contribution in [-0.2, 0) is 14.8 Å². The summed E-state index contributed by atoms with van der Waals surface area (Å²) in [7, 11) is -4.36. The van der Waals surface area contributed by atoms with Gasteiger partial charge in [0, 0.05) is 18.6 Å². The normalized spacial score (nSPS) is 26.6.